The average Bonchev–Trinajstić information content (AvgIpc) is 2.46. The lowest BCUT2D eigenvalue weighted by atomic mass is 9.98. The molecule has 5 heteroatoms. The van der Waals surface area contributed by atoms with Gasteiger partial charge in [-0.05, 0) is 37.1 Å². The minimum Gasteiger partial charge on any atom is -0.394 e. The molecule has 1 aliphatic rings. The van der Waals surface area contributed by atoms with Gasteiger partial charge in [-0.3, -0.25) is 4.98 Å². The molecule has 0 unspecified atom stereocenters. The summed E-state index contributed by atoms with van der Waals surface area (Å²) in [5, 5.41) is 31.4. The quantitative estimate of drug-likeness (QED) is 0.622. The second-order valence-corrected chi connectivity index (χ2v) is 4.81. The van der Waals surface area contributed by atoms with Gasteiger partial charge in [0.2, 0.25) is 0 Å². The van der Waals surface area contributed by atoms with Crippen LogP contribution in [0.1, 0.15) is 29.3 Å². The Hall–Kier alpha value is -1.27. The first kappa shape index (κ1) is 14.1. The molecular weight excluding hydrogens is 244 g/mol. The molecule has 2 atom stereocenters. The zero-order valence-corrected chi connectivity index (χ0v) is 11.0. The fraction of sp³-hybridized carbons (Fsp3) is 0.500. The number of hydrogen-bond acceptors (Lipinski definition) is 5. The van der Waals surface area contributed by atoms with Crippen LogP contribution in [0.5, 0.6) is 0 Å². The molecule has 5 nitrogen and oxygen atoms in total. The number of rotatable bonds is 4. The van der Waals surface area contributed by atoms with Crippen LogP contribution in [-0.4, -0.2) is 46.1 Å². The van der Waals surface area contributed by atoms with Crippen LogP contribution in [0, 0.1) is 6.92 Å². The third kappa shape index (κ3) is 3.19. The van der Waals surface area contributed by atoms with Crippen molar-refractivity contribution in [2.24, 2.45) is 0 Å². The number of aliphatic hydroxyl groups is 3. The summed E-state index contributed by atoms with van der Waals surface area (Å²) < 4.78 is 0. The Kier molecular flexibility index (Phi) is 4.66. The highest BCUT2D eigenvalue weighted by Crippen LogP contribution is 2.24. The molecule has 19 heavy (non-hydrogen) atoms. The molecule has 1 aromatic heterocycles. The lowest BCUT2D eigenvalue weighted by Gasteiger charge is -2.19. The second-order valence-electron chi connectivity index (χ2n) is 4.81. The Balaban J connectivity index is 2.24. The number of aromatic nitrogens is 1. The summed E-state index contributed by atoms with van der Waals surface area (Å²) in [5.74, 6) is 0. The van der Waals surface area contributed by atoms with Gasteiger partial charge in [-0.2, -0.15) is 0 Å². The monoisotopic (exact) mass is 264 g/mol. The minimum absolute atomic E-state index is 0.473. The van der Waals surface area contributed by atoms with Gasteiger partial charge in [0.25, 0.3) is 0 Å². The molecule has 0 saturated carbocycles. The predicted octanol–water partition coefficient (Wildman–Crippen LogP) is 0.153. The van der Waals surface area contributed by atoms with Crippen molar-refractivity contribution in [2.75, 3.05) is 19.7 Å². The van der Waals surface area contributed by atoms with Gasteiger partial charge in [0.05, 0.1) is 12.3 Å². The number of aryl methyl sites for hydroxylation is 1. The fourth-order valence-corrected chi connectivity index (χ4v) is 2.25. The summed E-state index contributed by atoms with van der Waals surface area (Å²) in [7, 11) is 0. The molecule has 1 aliphatic heterocycles. The largest absolute Gasteiger partial charge is 0.394 e. The highest BCUT2D eigenvalue weighted by atomic mass is 16.4. The second kappa shape index (κ2) is 6.25. The van der Waals surface area contributed by atoms with E-state index in [2.05, 4.69) is 16.4 Å². The van der Waals surface area contributed by atoms with Crippen LogP contribution >= 0.6 is 0 Å². The maximum Gasteiger partial charge on any atom is 0.109 e. The summed E-state index contributed by atoms with van der Waals surface area (Å²) in [4.78, 5) is 4.39. The molecule has 0 saturated heterocycles. The minimum atomic E-state index is -1.18. The molecule has 0 radical (unpaired) electrons. The normalized spacial score (nSPS) is 18.8. The third-order valence-corrected chi connectivity index (χ3v) is 3.36. The van der Waals surface area contributed by atoms with Gasteiger partial charge in [-0.25, -0.2) is 0 Å². The first-order chi connectivity index (χ1) is 9.13. The average molecular weight is 264 g/mol. The number of hydrogen-bond donors (Lipinski definition) is 4. The molecule has 104 valence electrons. The van der Waals surface area contributed by atoms with Crippen LogP contribution in [-0.2, 0) is 0 Å². The van der Waals surface area contributed by atoms with E-state index < -0.39 is 18.8 Å². The van der Waals surface area contributed by atoms with Crippen LogP contribution in [0.2, 0.25) is 0 Å². The summed E-state index contributed by atoms with van der Waals surface area (Å²) >= 11 is 0. The van der Waals surface area contributed by atoms with E-state index in [0.717, 1.165) is 30.8 Å². The molecule has 2 heterocycles. The predicted molar refractivity (Wildman–Crippen MR) is 72.5 cm³/mol. The maximum absolute atomic E-state index is 9.84. The highest BCUT2D eigenvalue weighted by molar-refractivity contribution is 5.66. The van der Waals surface area contributed by atoms with Crippen molar-refractivity contribution in [1.82, 2.24) is 10.3 Å². The van der Waals surface area contributed by atoms with Gasteiger partial charge in [0, 0.05) is 18.3 Å². The Labute approximate surface area is 112 Å². The molecule has 0 aliphatic carbocycles. The topological polar surface area (TPSA) is 85.6 Å². The van der Waals surface area contributed by atoms with Crippen molar-refractivity contribution >= 4 is 5.57 Å². The van der Waals surface area contributed by atoms with E-state index in [1.807, 2.05) is 13.0 Å². The van der Waals surface area contributed by atoms with E-state index in [1.165, 1.54) is 5.57 Å². The van der Waals surface area contributed by atoms with Crippen LogP contribution in [0.25, 0.3) is 5.57 Å². The van der Waals surface area contributed by atoms with Crippen molar-refractivity contribution in [1.29, 1.82) is 0 Å². The van der Waals surface area contributed by atoms with Gasteiger partial charge >= 0.3 is 0 Å². The van der Waals surface area contributed by atoms with Crippen molar-refractivity contribution in [3.05, 3.63) is 35.2 Å². The van der Waals surface area contributed by atoms with Crippen molar-refractivity contribution in [3.63, 3.8) is 0 Å². The summed E-state index contributed by atoms with van der Waals surface area (Å²) in [6, 6.07) is 1.81. The third-order valence-electron chi connectivity index (χ3n) is 3.36. The molecule has 1 aromatic rings. The molecule has 0 spiro atoms. The molecule has 0 fully saturated rings. The Morgan fingerprint density at radius 1 is 1.42 bits per heavy atom. The van der Waals surface area contributed by atoms with Crippen molar-refractivity contribution in [3.8, 4) is 0 Å². The highest BCUT2D eigenvalue weighted by Gasteiger charge is 2.19. The standard InChI is InChI=1S/C14H20N2O3/c1-9-6-11(14(19)12(18)8-17)7-16-13(9)10-2-4-15-5-3-10/h2,6-7,12,14-15,17-19H,3-5,8H2,1H3/t12-,14-/m0/s1. The van der Waals surface area contributed by atoms with E-state index >= 15 is 0 Å². The Bertz CT molecular complexity index is 474. The fourth-order valence-electron chi connectivity index (χ4n) is 2.25. The van der Waals surface area contributed by atoms with Crippen LogP contribution in [0.4, 0.5) is 0 Å². The van der Waals surface area contributed by atoms with E-state index in [1.54, 1.807) is 6.20 Å². The van der Waals surface area contributed by atoms with Crippen LogP contribution < -0.4 is 5.32 Å². The van der Waals surface area contributed by atoms with Gasteiger partial charge in [-0.15, -0.1) is 0 Å². The molecule has 2 rings (SSSR count). The van der Waals surface area contributed by atoms with E-state index in [9.17, 15) is 10.2 Å². The molecule has 0 amide bonds. The number of nitrogens with zero attached hydrogens (tertiary/aromatic N) is 1. The lowest BCUT2D eigenvalue weighted by Crippen LogP contribution is -2.23. The molecule has 4 N–H and O–H groups in total. The number of nitrogens with one attached hydrogen (secondary N) is 1. The Morgan fingerprint density at radius 2 is 2.21 bits per heavy atom. The summed E-state index contributed by atoms with van der Waals surface area (Å²) in [6.07, 6.45) is 2.35. The molecular formula is C14H20N2O3. The van der Waals surface area contributed by atoms with Crippen LogP contribution in [0.3, 0.4) is 0 Å². The number of aliphatic hydroxyl groups excluding tert-OH is 3. The lowest BCUT2D eigenvalue weighted by molar-refractivity contribution is -0.0154. The summed E-state index contributed by atoms with van der Waals surface area (Å²) in [5.41, 5.74) is 3.64. The van der Waals surface area contributed by atoms with E-state index in [4.69, 9.17) is 5.11 Å². The van der Waals surface area contributed by atoms with E-state index in [-0.39, 0.29) is 0 Å². The van der Waals surface area contributed by atoms with Gasteiger partial charge in [0.15, 0.2) is 0 Å². The molecule has 0 bridgehead atoms. The Morgan fingerprint density at radius 3 is 2.79 bits per heavy atom. The molecule has 0 aromatic carbocycles. The maximum atomic E-state index is 9.84. The van der Waals surface area contributed by atoms with Crippen LogP contribution in [0.15, 0.2) is 18.3 Å². The van der Waals surface area contributed by atoms with Gasteiger partial charge in [0.1, 0.15) is 12.2 Å². The SMILES string of the molecule is Cc1cc([C@H](O)[C@@H](O)CO)cnc1C1=CCNCC1. The zero-order chi connectivity index (χ0) is 13.8. The van der Waals surface area contributed by atoms with Crippen molar-refractivity contribution in [2.45, 2.75) is 25.6 Å². The first-order valence-corrected chi connectivity index (χ1v) is 6.47. The number of pyridine rings is 1. The zero-order valence-electron chi connectivity index (χ0n) is 11.0. The van der Waals surface area contributed by atoms with Crippen molar-refractivity contribution < 1.29 is 15.3 Å². The van der Waals surface area contributed by atoms with Gasteiger partial charge in [-0.1, -0.05) is 6.08 Å². The van der Waals surface area contributed by atoms with E-state index in [0.29, 0.717) is 5.56 Å². The smallest absolute Gasteiger partial charge is 0.109 e. The summed E-state index contributed by atoms with van der Waals surface area (Å²) in [6.45, 7) is 3.26. The first-order valence-electron chi connectivity index (χ1n) is 6.47. The van der Waals surface area contributed by atoms with Gasteiger partial charge < -0.3 is 20.6 Å².